The van der Waals surface area contributed by atoms with Gasteiger partial charge in [-0.1, -0.05) is 12.1 Å². The third-order valence-corrected chi connectivity index (χ3v) is 4.98. The molecular weight excluding hydrogens is 334 g/mol. The molecule has 3 rings (SSSR count). The maximum absolute atomic E-state index is 12.2. The van der Waals surface area contributed by atoms with Crippen molar-refractivity contribution in [1.82, 2.24) is 15.3 Å². The normalized spacial score (nSPS) is 10.6. The molecule has 6 heteroatoms. The van der Waals surface area contributed by atoms with Gasteiger partial charge in [-0.15, -0.1) is 11.3 Å². The van der Waals surface area contributed by atoms with Gasteiger partial charge in [0.2, 0.25) is 0 Å². The molecule has 5 nitrogen and oxygen atoms in total. The molecule has 0 radical (unpaired) electrons. The Kier molecular flexibility index (Phi) is 5.09. The zero-order chi connectivity index (χ0) is 17.8. The molecule has 128 valence electrons. The van der Waals surface area contributed by atoms with Crippen LogP contribution in [0.25, 0.3) is 11.3 Å². The van der Waals surface area contributed by atoms with Crippen molar-refractivity contribution < 1.29 is 9.90 Å². The summed E-state index contributed by atoms with van der Waals surface area (Å²) in [5.74, 6) is 0.0829. The highest BCUT2D eigenvalue weighted by atomic mass is 32.1. The number of nitrogens with one attached hydrogen (secondary N) is 1. The van der Waals surface area contributed by atoms with E-state index >= 15 is 0 Å². The molecule has 2 N–H and O–H groups in total. The van der Waals surface area contributed by atoms with Gasteiger partial charge in [-0.2, -0.15) is 0 Å². The number of carbonyl (C=O) groups excluding carboxylic acids is 1. The smallest absolute Gasteiger partial charge is 0.251 e. The van der Waals surface area contributed by atoms with Gasteiger partial charge in [-0.05, 0) is 38.1 Å². The number of pyridine rings is 1. The second-order valence-corrected chi connectivity index (χ2v) is 6.68. The molecule has 0 saturated carbocycles. The van der Waals surface area contributed by atoms with Crippen molar-refractivity contribution in [2.24, 2.45) is 0 Å². The highest BCUT2D eigenvalue weighted by Crippen LogP contribution is 2.22. The first-order valence-electron chi connectivity index (χ1n) is 7.99. The lowest BCUT2D eigenvalue weighted by Gasteiger charge is -2.07. The zero-order valence-corrected chi connectivity index (χ0v) is 14.9. The second-order valence-electron chi connectivity index (χ2n) is 5.75. The van der Waals surface area contributed by atoms with Gasteiger partial charge in [0.1, 0.15) is 5.75 Å². The van der Waals surface area contributed by atoms with Crippen molar-refractivity contribution in [3.05, 3.63) is 63.7 Å². The van der Waals surface area contributed by atoms with Gasteiger partial charge in [0.05, 0.1) is 22.6 Å². The van der Waals surface area contributed by atoms with E-state index in [-0.39, 0.29) is 11.7 Å². The van der Waals surface area contributed by atoms with Crippen molar-refractivity contribution in [2.75, 3.05) is 6.54 Å². The fourth-order valence-corrected chi connectivity index (χ4v) is 3.25. The van der Waals surface area contributed by atoms with Crippen LogP contribution in [-0.4, -0.2) is 27.5 Å². The maximum Gasteiger partial charge on any atom is 0.251 e. The van der Waals surface area contributed by atoms with Crippen LogP contribution in [0.2, 0.25) is 0 Å². The number of aryl methyl sites for hydroxylation is 2. The van der Waals surface area contributed by atoms with Gasteiger partial charge in [0, 0.05) is 29.0 Å². The molecule has 2 aromatic heterocycles. The van der Waals surface area contributed by atoms with E-state index in [1.165, 1.54) is 4.88 Å². The minimum Gasteiger partial charge on any atom is -0.506 e. The predicted molar refractivity (Wildman–Crippen MR) is 99.0 cm³/mol. The van der Waals surface area contributed by atoms with E-state index in [9.17, 15) is 9.90 Å². The molecule has 3 aromatic rings. The average Bonchev–Trinajstić information content (AvgIpc) is 3.02. The first-order chi connectivity index (χ1) is 12.0. The van der Waals surface area contributed by atoms with E-state index < -0.39 is 0 Å². The average molecular weight is 353 g/mol. The molecule has 0 aliphatic rings. The molecule has 1 amide bonds. The summed E-state index contributed by atoms with van der Waals surface area (Å²) in [4.78, 5) is 22.0. The SMILES string of the molecule is Cc1nc(-c2ccc(C(=O)NCCc3scnc3C)cc2)ccc1O. The predicted octanol–water partition coefficient (Wildman–Crippen LogP) is 3.50. The minimum atomic E-state index is -0.0939. The van der Waals surface area contributed by atoms with Gasteiger partial charge < -0.3 is 10.4 Å². The number of carbonyl (C=O) groups is 1. The van der Waals surface area contributed by atoms with Crippen molar-refractivity contribution >= 4 is 17.2 Å². The second kappa shape index (κ2) is 7.44. The molecule has 0 spiro atoms. The van der Waals surface area contributed by atoms with Crippen LogP contribution in [0.4, 0.5) is 0 Å². The van der Waals surface area contributed by atoms with Crippen LogP contribution in [0.3, 0.4) is 0 Å². The fraction of sp³-hybridized carbons (Fsp3) is 0.211. The lowest BCUT2D eigenvalue weighted by molar-refractivity contribution is 0.0954. The van der Waals surface area contributed by atoms with Crippen molar-refractivity contribution in [3.8, 4) is 17.0 Å². The Labute approximate surface area is 150 Å². The highest BCUT2D eigenvalue weighted by molar-refractivity contribution is 7.09. The molecule has 25 heavy (non-hydrogen) atoms. The Bertz CT molecular complexity index is 888. The van der Waals surface area contributed by atoms with E-state index in [0.29, 0.717) is 17.8 Å². The Morgan fingerprint density at radius 2 is 1.88 bits per heavy atom. The van der Waals surface area contributed by atoms with Gasteiger partial charge in [-0.25, -0.2) is 9.97 Å². The van der Waals surface area contributed by atoms with Crippen LogP contribution in [-0.2, 0) is 6.42 Å². The fourth-order valence-electron chi connectivity index (χ4n) is 2.46. The largest absolute Gasteiger partial charge is 0.506 e. The van der Waals surface area contributed by atoms with Gasteiger partial charge in [0.15, 0.2) is 0 Å². The molecule has 0 fully saturated rings. The number of benzene rings is 1. The number of amides is 1. The van der Waals surface area contributed by atoms with Crippen LogP contribution < -0.4 is 5.32 Å². The topological polar surface area (TPSA) is 75.1 Å². The lowest BCUT2D eigenvalue weighted by atomic mass is 10.1. The summed E-state index contributed by atoms with van der Waals surface area (Å²) in [7, 11) is 0. The molecule has 0 aliphatic heterocycles. The van der Waals surface area contributed by atoms with E-state index in [2.05, 4.69) is 15.3 Å². The number of thiazole rings is 1. The molecule has 0 saturated heterocycles. The molecule has 2 heterocycles. The van der Waals surface area contributed by atoms with Crippen LogP contribution in [0.15, 0.2) is 41.9 Å². The van der Waals surface area contributed by atoms with Crippen LogP contribution in [0.1, 0.15) is 26.6 Å². The van der Waals surface area contributed by atoms with Crippen molar-refractivity contribution in [2.45, 2.75) is 20.3 Å². The number of aromatic hydroxyl groups is 1. The van der Waals surface area contributed by atoms with Crippen LogP contribution in [0.5, 0.6) is 5.75 Å². The Balaban J connectivity index is 1.62. The molecule has 0 atom stereocenters. The molecule has 0 unspecified atom stereocenters. The summed E-state index contributed by atoms with van der Waals surface area (Å²) in [6.45, 7) is 4.32. The van der Waals surface area contributed by atoms with Gasteiger partial charge in [-0.3, -0.25) is 4.79 Å². The van der Waals surface area contributed by atoms with Gasteiger partial charge >= 0.3 is 0 Å². The quantitative estimate of drug-likeness (QED) is 0.736. The lowest BCUT2D eigenvalue weighted by Crippen LogP contribution is -2.25. The standard InChI is InChI=1S/C19H19N3O2S/c1-12-17(23)8-7-16(22-12)14-3-5-15(6-4-14)19(24)20-10-9-18-13(2)21-11-25-18/h3-8,11,23H,9-10H2,1-2H3,(H,20,24). The van der Waals surface area contributed by atoms with E-state index in [4.69, 9.17) is 0 Å². The summed E-state index contributed by atoms with van der Waals surface area (Å²) < 4.78 is 0. The molecular formula is C19H19N3O2S. The van der Waals surface area contributed by atoms with E-state index in [1.54, 1.807) is 42.5 Å². The van der Waals surface area contributed by atoms with Crippen LogP contribution >= 0.6 is 11.3 Å². The Hall–Kier alpha value is -2.73. The number of aromatic nitrogens is 2. The third-order valence-electron chi connectivity index (χ3n) is 3.98. The number of rotatable bonds is 5. The first kappa shape index (κ1) is 17.1. The molecule has 0 aliphatic carbocycles. The Morgan fingerprint density at radius 3 is 2.52 bits per heavy atom. The third kappa shape index (κ3) is 4.03. The molecule has 1 aromatic carbocycles. The number of hydrogen-bond acceptors (Lipinski definition) is 5. The summed E-state index contributed by atoms with van der Waals surface area (Å²) in [5, 5.41) is 12.5. The number of hydrogen-bond donors (Lipinski definition) is 2. The van der Waals surface area contributed by atoms with E-state index in [0.717, 1.165) is 23.4 Å². The zero-order valence-electron chi connectivity index (χ0n) is 14.1. The summed E-state index contributed by atoms with van der Waals surface area (Å²) >= 11 is 1.61. The Morgan fingerprint density at radius 1 is 1.12 bits per heavy atom. The monoisotopic (exact) mass is 353 g/mol. The maximum atomic E-state index is 12.2. The van der Waals surface area contributed by atoms with E-state index in [1.807, 2.05) is 24.6 Å². The summed E-state index contributed by atoms with van der Waals surface area (Å²) in [5.41, 5.74) is 5.71. The van der Waals surface area contributed by atoms with Crippen LogP contribution in [0, 0.1) is 13.8 Å². The summed E-state index contributed by atoms with van der Waals surface area (Å²) in [6, 6.07) is 10.7. The summed E-state index contributed by atoms with van der Waals surface area (Å²) in [6.07, 6.45) is 0.789. The number of nitrogens with zero attached hydrogens (tertiary/aromatic N) is 2. The van der Waals surface area contributed by atoms with Gasteiger partial charge in [0.25, 0.3) is 5.91 Å². The highest BCUT2D eigenvalue weighted by Gasteiger charge is 2.08. The first-order valence-corrected chi connectivity index (χ1v) is 8.87. The molecule has 0 bridgehead atoms. The van der Waals surface area contributed by atoms with Crippen molar-refractivity contribution in [1.29, 1.82) is 0 Å². The van der Waals surface area contributed by atoms with Crippen molar-refractivity contribution in [3.63, 3.8) is 0 Å². The minimum absolute atomic E-state index is 0.0939.